The normalized spacial score (nSPS) is 14.1. The molecule has 0 saturated carbocycles. The molecule has 0 spiro atoms. The second kappa shape index (κ2) is 9.59. The van der Waals surface area contributed by atoms with Crippen LogP contribution in [-0.4, -0.2) is 47.5 Å². The van der Waals surface area contributed by atoms with Crippen molar-refractivity contribution in [2.75, 3.05) is 41.9 Å². The van der Waals surface area contributed by atoms with Crippen molar-refractivity contribution in [1.82, 2.24) is 15.0 Å². The Hall–Kier alpha value is -3.11. The van der Waals surface area contributed by atoms with Gasteiger partial charge in [-0.3, -0.25) is 0 Å². The molecule has 4 rings (SSSR count). The minimum absolute atomic E-state index is 0.294. The van der Waals surface area contributed by atoms with Crippen molar-refractivity contribution in [3.63, 3.8) is 0 Å². The van der Waals surface area contributed by atoms with Gasteiger partial charge in [0.1, 0.15) is 5.82 Å². The summed E-state index contributed by atoms with van der Waals surface area (Å²) in [5, 5.41) is 7.36. The summed E-state index contributed by atoms with van der Waals surface area (Å²) in [5.41, 5.74) is 4.42. The molecule has 10 heteroatoms. The van der Waals surface area contributed by atoms with Crippen LogP contribution in [0.25, 0.3) is 0 Å². The number of benzene rings is 2. The second-order valence-electron chi connectivity index (χ2n) is 6.42. The predicted octanol–water partition coefficient (Wildman–Crippen LogP) is 3.80. The van der Waals surface area contributed by atoms with Gasteiger partial charge in [-0.05, 0) is 45.8 Å². The Bertz CT molecular complexity index is 1030. The molecular weight excluding hydrogens is 453 g/mol. The number of hydrazone groups is 1. The van der Waals surface area contributed by atoms with E-state index in [0.717, 1.165) is 11.3 Å². The zero-order valence-electron chi connectivity index (χ0n) is 15.9. The lowest BCUT2D eigenvalue weighted by Crippen LogP contribution is -2.37. The highest BCUT2D eigenvalue weighted by Crippen LogP contribution is 2.19. The van der Waals surface area contributed by atoms with E-state index in [4.69, 9.17) is 4.74 Å². The number of hydrogen-bond donors (Lipinski definition) is 2. The fourth-order valence-electron chi connectivity index (χ4n) is 2.78. The number of morpholine rings is 1. The van der Waals surface area contributed by atoms with Crippen LogP contribution in [0.1, 0.15) is 5.56 Å². The molecule has 1 saturated heterocycles. The standard InChI is InChI=1S/C20H19BrFN7O/c21-16-12-14(6-7-17(16)22)13-23-28-19-25-18(24-15-4-2-1-3-5-15)26-20(27-19)29-8-10-30-11-9-29/h1-7,12-13H,8-11H2,(H2,24,25,26,27,28). The highest BCUT2D eigenvalue weighted by molar-refractivity contribution is 9.10. The zero-order chi connectivity index (χ0) is 20.8. The van der Waals surface area contributed by atoms with Crippen LogP contribution in [0, 0.1) is 5.82 Å². The highest BCUT2D eigenvalue weighted by atomic mass is 79.9. The van der Waals surface area contributed by atoms with Gasteiger partial charge >= 0.3 is 0 Å². The molecular formula is C20H19BrFN7O. The van der Waals surface area contributed by atoms with E-state index in [9.17, 15) is 4.39 Å². The molecule has 2 N–H and O–H groups in total. The molecule has 1 fully saturated rings. The quantitative estimate of drug-likeness (QED) is 0.417. The van der Waals surface area contributed by atoms with Gasteiger partial charge < -0.3 is 15.0 Å². The SMILES string of the molecule is Fc1ccc(C=NNc2nc(Nc3ccccc3)nc(N3CCOCC3)n2)cc1Br. The summed E-state index contributed by atoms with van der Waals surface area (Å²) in [6, 6.07) is 14.3. The van der Waals surface area contributed by atoms with Crippen LogP contribution in [0.4, 0.5) is 27.9 Å². The van der Waals surface area contributed by atoms with Crippen LogP contribution < -0.4 is 15.6 Å². The number of rotatable bonds is 6. The summed E-state index contributed by atoms with van der Waals surface area (Å²) >= 11 is 3.16. The first-order valence-electron chi connectivity index (χ1n) is 9.32. The largest absolute Gasteiger partial charge is 0.378 e. The summed E-state index contributed by atoms with van der Waals surface area (Å²) in [7, 11) is 0. The molecule has 0 aliphatic carbocycles. The summed E-state index contributed by atoms with van der Waals surface area (Å²) < 4.78 is 19.2. The Morgan fingerprint density at radius 1 is 1.03 bits per heavy atom. The summed E-state index contributed by atoms with van der Waals surface area (Å²) in [5.74, 6) is 0.903. The molecule has 8 nitrogen and oxygen atoms in total. The average Bonchev–Trinajstić information content (AvgIpc) is 2.77. The van der Waals surface area contributed by atoms with Gasteiger partial charge in [0.05, 0.1) is 23.9 Å². The molecule has 2 aromatic carbocycles. The molecule has 1 aromatic heterocycles. The van der Waals surface area contributed by atoms with Gasteiger partial charge in [-0.15, -0.1) is 0 Å². The summed E-state index contributed by atoms with van der Waals surface area (Å²) in [6.45, 7) is 2.63. The van der Waals surface area contributed by atoms with Crippen molar-refractivity contribution in [2.24, 2.45) is 5.10 Å². The van der Waals surface area contributed by atoms with Crippen LogP contribution in [0.2, 0.25) is 0 Å². The third-order valence-electron chi connectivity index (χ3n) is 4.27. The third-order valence-corrected chi connectivity index (χ3v) is 4.88. The smallest absolute Gasteiger partial charge is 0.250 e. The monoisotopic (exact) mass is 471 g/mol. The maximum Gasteiger partial charge on any atom is 0.250 e. The van der Waals surface area contributed by atoms with Crippen molar-refractivity contribution in [3.8, 4) is 0 Å². The van der Waals surface area contributed by atoms with Gasteiger partial charge in [0.15, 0.2) is 0 Å². The molecule has 0 bridgehead atoms. The van der Waals surface area contributed by atoms with E-state index < -0.39 is 0 Å². The Balaban J connectivity index is 1.56. The van der Waals surface area contributed by atoms with E-state index in [0.29, 0.717) is 48.6 Å². The zero-order valence-corrected chi connectivity index (χ0v) is 17.5. The van der Waals surface area contributed by atoms with Gasteiger partial charge in [-0.25, -0.2) is 9.82 Å². The highest BCUT2D eigenvalue weighted by Gasteiger charge is 2.16. The Kier molecular flexibility index (Phi) is 6.45. The molecule has 30 heavy (non-hydrogen) atoms. The molecule has 3 aromatic rings. The van der Waals surface area contributed by atoms with Crippen molar-refractivity contribution in [3.05, 3.63) is 64.4 Å². The van der Waals surface area contributed by atoms with E-state index in [2.05, 4.69) is 46.7 Å². The maximum absolute atomic E-state index is 13.4. The molecule has 154 valence electrons. The van der Waals surface area contributed by atoms with Gasteiger partial charge in [0.2, 0.25) is 17.8 Å². The molecule has 0 atom stereocenters. The lowest BCUT2D eigenvalue weighted by Gasteiger charge is -2.27. The lowest BCUT2D eigenvalue weighted by atomic mass is 10.2. The van der Waals surface area contributed by atoms with Crippen molar-refractivity contribution >= 4 is 45.7 Å². The van der Waals surface area contributed by atoms with Crippen molar-refractivity contribution in [2.45, 2.75) is 0 Å². The first kappa shape index (κ1) is 20.2. The summed E-state index contributed by atoms with van der Waals surface area (Å²) in [4.78, 5) is 15.4. The maximum atomic E-state index is 13.4. The van der Waals surface area contributed by atoms with E-state index >= 15 is 0 Å². The number of nitrogens with zero attached hydrogens (tertiary/aromatic N) is 5. The number of anilines is 4. The number of halogens is 2. The second-order valence-corrected chi connectivity index (χ2v) is 7.27. The van der Waals surface area contributed by atoms with Crippen LogP contribution in [-0.2, 0) is 4.74 Å². The van der Waals surface area contributed by atoms with E-state index in [1.807, 2.05) is 35.2 Å². The van der Waals surface area contributed by atoms with Gasteiger partial charge in [0.25, 0.3) is 0 Å². The Labute approximate surface area is 181 Å². The molecule has 2 heterocycles. The van der Waals surface area contributed by atoms with Gasteiger partial charge in [0, 0.05) is 18.8 Å². The Morgan fingerprint density at radius 2 is 1.80 bits per heavy atom. The molecule has 0 amide bonds. The van der Waals surface area contributed by atoms with E-state index in [-0.39, 0.29) is 5.82 Å². The van der Waals surface area contributed by atoms with Gasteiger partial charge in [-0.2, -0.15) is 20.1 Å². The fraction of sp³-hybridized carbons (Fsp3) is 0.200. The number of para-hydroxylation sites is 1. The van der Waals surface area contributed by atoms with Crippen LogP contribution >= 0.6 is 15.9 Å². The van der Waals surface area contributed by atoms with Crippen LogP contribution in [0.15, 0.2) is 58.1 Å². The topological polar surface area (TPSA) is 87.6 Å². The number of nitrogens with one attached hydrogen (secondary N) is 2. The minimum Gasteiger partial charge on any atom is -0.378 e. The Morgan fingerprint density at radius 3 is 2.57 bits per heavy atom. The average molecular weight is 472 g/mol. The predicted molar refractivity (Wildman–Crippen MR) is 118 cm³/mol. The minimum atomic E-state index is -0.329. The third kappa shape index (κ3) is 5.28. The fourth-order valence-corrected chi connectivity index (χ4v) is 3.18. The van der Waals surface area contributed by atoms with Crippen molar-refractivity contribution < 1.29 is 9.13 Å². The number of hydrogen-bond acceptors (Lipinski definition) is 8. The van der Waals surface area contributed by atoms with Gasteiger partial charge in [-0.1, -0.05) is 24.3 Å². The van der Waals surface area contributed by atoms with E-state index in [1.165, 1.54) is 6.07 Å². The van der Waals surface area contributed by atoms with Crippen molar-refractivity contribution in [1.29, 1.82) is 0 Å². The molecule has 1 aliphatic heterocycles. The lowest BCUT2D eigenvalue weighted by molar-refractivity contribution is 0.122. The molecule has 0 radical (unpaired) electrons. The summed E-state index contributed by atoms with van der Waals surface area (Å²) in [6.07, 6.45) is 1.56. The molecule has 0 unspecified atom stereocenters. The van der Waals surface area contributed by atoms with Crippen LogP contribution in [0.3, 0.4) is 0 Å². The first-order chi connectivity index (χ1) is 14.7. The number of ether oxygens (including phenoxy) is 1. The first-order valence-corrected chi connectivity index (χ1v) is 10.1. The number of aromatic nitrogens is 3. The van der Waals surface area contributed by atoms with E-state index in [1.54, 1.807) is 18.3 Å². The molecule has 1 aliphatic rings. The van der Waals surface area contributed by atoms with Crippen LogP contribution in [0.5, 0.6) is 0 Å².